The lowest BCUT2D eigenvalue weighted by Gasteiger charge is -2.43. The highest BCUT2D eigenvalue weighted by molar-refractivity contribution is 5.03. The zero-order chi connectivity index (χ0) is 14.6. The minimum atomic E-state index is -0.259. The molecule has 1 aromatic heterocycles. The Kier molecular flexibility index (Phi) is 5.22. The molecule has 1 unspecified atom stereocenters. The van der Waals surface area contributed by atoms with Crippen molar-refractivity contribution in [3.63, 3.8) is 0 Å². The van der Waals surface area contributed by atoms with Crippen molar-refractivity contribution in [2.45, 2.75) is 63.0 Å². The molecule has 0 radical (unpaired) electrons. The molecule has 0 saturated heterocycles. The van der Waals surface area contributed by atoms with E-state index in [0.29, 0.717) is 0 Å². The largest absolute Gasteiger partial charge is 0.391 e. The molecule has 4 heteroatoms. The minimum Gasteiger partial charge on any atom is -0.391 e. The Labute approximate surface area is 122 Å². The van der Waals surface area contributed by atoms with Crippen molar-refractivity contribution in [2.24, 2.45) is 7.05 Å². The lowest BCUT2D eigenvalue weighted by Crippen LogP contribution is -2.53. The second kappa shape index (κ2) is 6.72. The average Bonchev–Trinajstić information content (AvgIpc) is 2.67. The first kappa shape index (κ1) is 15.5. The second-order valence-electron chi connectivity index (χ2n) is 6.41. The third-order valence-electron chi connectivity index (χ3n) is 5.08. The number of hydrogen-bond donors (Lipinski definition) is 1. The van der Waals surface area contributed by atoms with Gasteiger partial charge in [0.1, 0.15) is 0 Å². The lowest BCUT2D eigenvalue weighted by atomic mass is 9.81. The molecule has 1 N–H and O–H groups in total. The van der Waals surface area contributed by atoms with Crippen molar-refractivity contribution in [3.05, 3.63) is 18.0 Å². The summed E-state index contributed by atoms with van der Waals surface area (Å²) < 4.78 is 1.90. The van der Waals surface area contributed by atoms with Gasteiger partial charge in [0.2, 0.25) is 0 Å². The predicted molar refractivity (Wildman–Crippen MR) is 81.7 cm³/mol. The quantitative estimate of drug-likeness (QED) is 0.841. The van der Waals surface area contributed by atoms with Crippen molar-refractivity contribution >= 4 is 0 Å². The number of rotatable bonds is 5. The molecule has 1 heterocycles. The lowest BCUT2D eigenvalue weighted by molar-refractivity contribution is -0.0223. The van der Waals surface area contributed by atoms with Crippen molar-refractivity contribution in [1.29, 1.82) is 0 Å². The van der Waals surface area contributed by atoms with Gasteiger partial charge in [0.05, 0.1) is 6.10 Å². The summed E-state index contributed by atoms with van der Waals surface area (Å²) in [6.45, 7) is 0. The zero-order valence-electron chi connectivity index (χ0n) is 13.2. The maximum absolute atomic E-state index is 10.8. The molecule has 1 aromatic rings. The van der Waals surface area contributed by atoms with Crippen molar-refractivity contribution in [3.8, 4) is 0 Å². The van der Waals surface area contributed by atoms with E-state index in [1.807, 2.05) is 24.0 Å². The van der Waals surface area contributed by atoms with Crippen LogP contribution < -0.4 is 0 Å². The van der Waals surface area contributed by atoms with Gasteiger partial charge in [-0.15, -0.1) is 0 Å². The van der Waals surface area contributed by atoms with Crippen LogP contribution in [0.25, 0.3) is 0 Å². The van der Waals surface area contributed by atoms with Gasteiger partial charge < -0.3 is 10.0 Å². The van der Waals surface area contributed by atoms with E-state index in [1.165, 1.54) is 31.4 Å². The molecule has 1 saturated carbocycles. The Bertz CT molecular complexity index is 406. The fraction of sp³-hybridized carbons (Fsp3) is 0.812. The highest BCUT2D eigenvalue weighted by Gasteiger charge is 2.39. The Morgan fingerprint density at radius 2 is 1.95 bits per heavy atom. The summed E-state index contributed by atoms with van der Waals surface area (Å²) in [5.41, 5.74) is 1.17. The van der Waals surface area contributed by atoms with Crippen LogP contribution in [0.15, 0.2) is 12.3 Å². The van der Waals surface area contributed by atoms with Crippen LogP contribution in [0, 0.1) is 0 Å². The summed E-state index contributed by atoms with van der Waals surface area (Å²) in [4.78, 5) is 2.27. The standard InChI is InChI=1S/C16H29N3O/c1-18(2)16(11-6-4-5-7-12-16)15(20)9-8-14-10-13-17-19(14)3/h10,13,15,20H,4-9,11-12H2,1-3H3. The molecule has 1 aliphatic carbocycles. The Balaban J connectivity index is 2.03. The van der Waals surface area contributed by atoms with Crippen LogP contribution in [0.2, 0.25) is 0 Å². The molecule has 0 amide bonds. The van der Waals surface area contributed by atoms with Gasteiger partial charge in [0.25, 0.3) is 0 Å². The molecule has 0 spiro atoms. The fourth-order valence-corrected chi connectivity index (χ4v) is 3.62. The molecule has 1 atom stereocenters. The van der Waals surface area contributed by atoms with Crippen LogP contribution in [0.5, 0.6) is 0 Å². The number of aliphatic hydroxyl groups is 1. The van der Waals surface area contributed by atoms with Crippen LogP contribution in [0.3, 0.4) is 0 Å². The molecule has 0 aromatic carbocycles. The average molecular weight is 279 g/mol. The molecule has 0 bridgehead atoms. The van der Waals surface area contributed by atoms with Gasteiger partial charge in [-0.25, -0.2) is 0 Å². The van der Waals surface area contributed by atoms with E-state index < -0.39 is 0 Å². The number of likely N-dealkylation sites (N-methyl/N-ethyl adjacent to an activating group) is 1. The summed E-state index contributed by atoms with van der Waals surface area (Å²) >= 11 is 0. The molecule has 2 rings (SSSR count). The molecule has 0 aliphatic heterocycles. The molecular weight excluding hydrogens is 250 g/mol. The van der Waals surface area contributed by atoms with E-state index in [9.17, 15) is 5.11 Å². The van der Waals surface area contributed by atoms with Crippen LogP contribution in [-0.2, 0) is 13.5 Å². The van der Waals surface area contributed by atoms with Crippen LogP contribution in [0.1, 0.15) is 50.6 Å². The first-order valence-corrected chi connectivity index (χ1v) is 7.88. The minimum absolute atomic E-state index is 0.0326. The second-order valence-corrected chi connectivity index (χ2v) is 6.41. The molecule has 114 valence electrons. The molecule has 1 fully saturated rings. The number of aryl methyl sites for hydroxylation is 2. The van der Waals surface area contributed by atoms with Gasteiger partial charge in [-0.2, -0.15) is 5.10 Å². The Hall–Kier alpha value is -0.870. The number of aromatic nitrogens is 2. The van der Waals surface area contributed by atoms with Gasteiger partial charge in [-0.1, -0.05) is 25.7 Å². The van der Waals surface area contributed by atoms with E-state index >= 15 is 0 Å². The molecule has 1 aliphatic rings. The van der Waals surface area contributed by atoms with E-state index in [4.69, 9.17) is 0 Å². The van der Waals surface area contributed by atoms with E-state index in [0.717, 1.165) is 25.7 Å². The van der Waals surface area contributed by atoms with Crippen molar-refractivity contribution in [2.75, 3.05) is 14.1 Å². The zero-order valence-corrected chi connectivity index (χ0v) is 13.2. The maximum Gasteiger partial charge on any atom is 0.0727 e. The van der Waals surface area contributed by atoms with Crippen LogP contribution in [-0.4, -0.2) is 45.5 Å². The smallest absolute Gasteiger partial charge is 0.0727 e. The summed E-state index contributed by atoms with van der Waals surface area (Å²) in [6, 6.07) is 2.04. The third kappa shape index (κ3) is 3.23. The molecular formula is C16H29N3O. The monoisotopic (exact) mass is 279 g/mol. The molecule has 4 nitrogen and oxygen atoms in total. The first-order chi connectivity index (χ1) is 9.56. The van der Waals surface area contributed by atoms with Crippen molar-refractivity contribution in [1.82, 2.24) is 14.7 Å². The highest BCUT2D eigenvalue weighted by atomic mass is 16.3. The van der Waals surface area contributed by atoms with Gasteiger partial charge in [0.15, 0.2) is 0 Å². The van der Waals surface area contributed by atoms with Gasteiger partial charge in [-0.05, 0) is 45.8 Å². The van der Waals surface area contributed by atoms with Gasteiger partial charge in [0, 0.05) is 24.5 Å². The van der Waals surface area contributed by atoms with Crippen LogP contribution >= 0.6 is 0 Å². The Morgan fingerprint density at radius 1 is 1.30 bits per heavy atom. The Morgan fingerprint density at radius 3 is 2.45 bits per heavy atom. The molecule has 20 heavy (non-hydrogen) atoms. The highest BCUT2D eigenvalue weighted by Crippen LogP contribution is 2.35. The normalized spacial score (nSPS) is 20.9. The van der Waals surface area contributed by atoms with E-state index in [-0.39, 0.29) is 11.6 Å². The maximum atomic E-state index is 10.8. The third-order valence-corrected chi connectivity index (χ3v) is 5.08. The number of hydrogen-bond acceptors (Lipinski definition) is 3. The van der Waals surface area contributed by atoms with Crippen molar-refractivity contribution < 1.29 is 5.11 Å². The van der Waals surface area contributed by atoms with Crippen LogP contribution in [0.4, 0.5) is 0 Å². The first-order valence-electron chi connectivity index (χ1n) is 7.88. The summed E-state index contributed by atoms with van der Waals surface area (Å²) in [6.07, 6.45) is 10.6. The van der Waals surface area contributed by atoms with Gasteiger partial charge >= 0.3 is 0 Å². The summed E-state index contributed by atoms with van der Waals surface area (Å²) in [5.74, 6) is 0. The SMILES string of the molecule is CN(C)C1(C(O)CCc2ccnn2C)CCCCCC1. The topological polar surface area (TPSA) is 41.3 Å². The fourth-order valence-electron chi connectivity index (χ4n) is 3.62. The number of aliphatic hydroxyl groups excluding tert-OH is 1. The number of nitrogens with zero attached hydrogens (tertiary/aromatic N) is 3. The van der Waals surface area contributed by atoms with E-state index in [2.05, 4.69) is 24.1 Å². The van der Waals surface area contributed by atoms with Gasteiger partial charge in [-0.3, -0.25) is 4.68 Å². The van der Waals surface area contributed by atoms with E-state index in [1.54, 1.807) is 0 Å². The summed E-state index contributed by atoms with van der Waals surface area (Å²) in [5, 5.41) is 15.0. The predicted octanol–water partition coefficient (Wildman–Crippen LogP) is 2.37. The summed E-state index contributed by atoms with van der Waals surface area (Å²) in [7, 11) is 6.21.